The number of hydrogen-bond donors (Lipinski definition) is 1. The van der Waals surface area contributed by atoms with Crippen LogP contribution in [-0.2, 0) is 4.79 Å². The normalized spacial score (nSPS) is 21.6. The lowest BCUT2D eigenvalue weighted by Gasteiger charge is -2.19. The minimum absolute atomic E-state index is 0.133. The molecule has 0 spiro atoms. The molecule has 2 rings (SSSR count). The van der Waals surface area contributed by atoms with E-state index in [1.54, 1.807) is 0 Å². The highest BCUT2D eigenvalue weighted by Gasteiger charge is 2.34. The van der Waals surface area contributed by atoms with Crippen LogP contribution in [0.15, 0.2) is 36.4 Å². The number of carbonyl (C=O) groups is 1. The fraction of sp³-hybridized carbons (Fsp3) is 0.625. The Labute approximate surface area is 159 Å². The highest BCUT2D eigenvalue weighted by atomic mass is 16.3. The van der Waals surface area contributed by atoms with Crippen LogP contribution in [0.4, 0.5) is 0 Å². The Morgan fingerprint density at radius 1 is 1.08 bits per heavy atom. The van der Waals surface area contributed by atoms with E-state index in [0.29, 0.717) is 18.1 Å². The van der Waals surface area contributed by atoms with Crippen LogP contribution in [0, 0.1) is 5.92 Å². The first-order valence-electron chi connectivity index (χ1n) is 10.6. The first-order valence-corrected chi connectivity index (χ1v) is 10.6. The molecule has 3 atom stereocenters. The van der Waals surface area contributed by atoms with E-state index in [2.05, 4.69) is 50.3 Å². The van der Waals surface area contributed by atoms with Crippen LogP contribution in [0.2, 0.25) is 0 Å². The highest BCUT2D eigenvalue weighted by molar-refractivity contribution is 5.84. The molecule has 0 radical (unpaired) electrons. The minimum Gasteiger partial charge on any atom is -0.388 e. The summed E-state index contributed by atoms with van der Waals surface area (Å²) in [7, 11) is 0. The summed E-state index contributed by atoms with van der Waals surface area (Å²) in [5.41, 5.74) is 2.26. The van der Waals surface area contributed by atoms with Crippen LogP contribution < -0.4 is 0 Å². The molecule has 1 aromatic carbocycles. The van der Waals surface area contributed by atoms with Gasteiger partial charge in [0.05, 0.1) is 6.10 Å². The average Bonchev–Trinajstić information content (AvgIpc) is 3.02. The third-order valence-corrected chi connectivity index (χ3v) is 5.71. The van der Waals surface area contributed by atoms with E-state index >= 15 is 0 Å². The summed E-state index contributed by atoms with van der Waals surface area (Å²) < 4.78 is 0. The van der Waals surface area contributed by atoms with E-state index in [4.69, 9.17) is 0 Å². The predicted molar refractivity (Wildman–Crippen MR) is 109 cm³/mol. The molecule has 1 aromatic rings. The molecule has 1 aliphatic carbocycles. The molecule has 1 aliphatic rings. The van der Waals surface area contributed by atoms with Gasteiger partial charge in [-0.1, -0.05) is 82.4 Å². The number of allylic oxidation sites excluding steroid dienone is 2. The lowest BCUT2D eigenvalue weighted by molar-refractivity contribution is -0.120. The molecule has 144 valence electrons. The quantitative estimate of drug-likeness (QED) is 0.363. The molecule has 1 saturated carbocycles. The molecule has 1 N–H and O–H groups in total. The van der Waals surface area contributed by atoms with Gasteiger partial charge in [0.1, 0.15) is 5.78 Å². The van der Waals surface area contributed by atoms with E-state index in [0.717, 1.165) is 37.7 Å². The zero-order chi connectivity index (χ0) is 18.8. The third kappa shape index (κ3) is 6.09. The van der Waals surface area contributed by atoms with Crippen molar-refractivity contribution in [3.8, 4) is 0 Å². The van der Waals surface area contributed by atoms with E-state index in [-0.39, 0.29) is 12.0 Å². The maximum absolute atomic E-state index is 12.3. The Hall–Kier alpha value is -1.41. The molecule has 26 heavy (non-hydrogen) atoms. The Morgan fingerprint density at radius 3 is 2.50 bits per heavy atom. The molecule has 2 heteroatoms. The van der Waals surface area contributed by atoms with E-state index in [9.17, 15) is 9.90 Å². The first-order chi connectivity index (χ1) is 12.7. The molecule has 0 amide bonds. The van der Waals surface area contributed by atoms with Crippen molar-refractivity contribution in [2.45, 2.75) is 90.1 Å². The number of aliphatic hydroxyl groups excluding tert-OH is 1. The van der Waals surface area contributed by atoms with Crippen LogP contribution in [-0.4, -0.2) is 10.9 Å². The second-order valence-electron chi connectivity index (χ2n) is 7.75. The van der Waals surface area contributed by atoms with Gasteiger partial charge in [0, 0.05) is 12.3 Å². The van der Waals surface area contributed by atoms with Gasteiger partial charge in [0.25, 0.3) is 0 Å². The maximum atomic E-state index is 12.3. The second-order valence-corrected chi connectivity index (χ2v) is 7.75. The van der Waals surface area contributed by atoms with Crippen LogP contribution in [0.3, 0.4) is 0 Å². The Balaban J connectivity index is 1.95. The van der Waals surface area contributed by atoms with Crippen molar-refractivity contribution in [2.24, 2.45) is 5.92 Å². The first kappa shape index (κ1) is 20.9. The van der Waals surface area contributed by atoms with Gasteiger partial charge in [0.15, 0.2) is 0 Å². The smallest absolute Gasteiger partial charge is 0.136 e. The van der Waals surface area contributed by atoms with Gasteiger partial charge < -0.3 is 5.11 Å². The van der Waals surface area contributed by atoms with Crippen LogP contribution in [0.1, 0.15) is 101 Å². The molecule has 2 nitrogen and oxygen atoms in total. The van der Waals surface area contributed by atoms with Crippen molar-refractivity contribution >= 4 is 5.78 Å². The van der Waals surface area contributed by atoms with E-state index < -0.39 is 0 Å². The van der Waals surface area contributed by atoms with Gasteiger partial charge in [-0.2, -0.15) is 0 Å². The molecule has 1 fully saturated rings. The van der Waals surface area contributed by atoms with Crippen molar-refractivity contribution in [3.05, 3.63) is 47.5 Å². The molecule has 0 saturated heterocycles. The van der Waals surface area contributed by atoms with Gasteiger partial charge in [-0.3, -0.25) is 4.79 Å². The number of benzene rings is 1. The average molecular weight is 357 g/mol. The van der Waals surface area contributed by atoms with Crippen molar-refractivity contribution < 1.29 is 9.90 Å². The summed E-state index contributed by atoms with van der Waals surface area (Å²) in [6, 6.07) is 8.39. The molecular formula is C24H36O2. The van der Waals surface area contributed by atoms with Gasteiger partial charge in [0.2, 0.25) is 0 Å². The predicted octanol–water partition coefficient (Wildman–Crippen LogP) is 6.50. The minimum atomic E-state index is -0.363. The van der Waals surface area contributed by atoms with Crippen LogP contribution >= 0.6 is 0 Å². The maximum Gasteiger partial charge on any atom is 0.136 e. The topological polar surface area (TPSA) is 37.3 Å². The van der Waals surface area contributed by atoms with E-state index in [1.807, 2.05) is 0 Å². The van der Waals surface area contributed by atoms with Gasteiger partial charge >= 0.3 is 0 Å². The third-order valence-electron chi connectivity index (χ3n) is 5.71. The Kier molecular flexibility index (Phi) is 9.11. The number of hydrogen-bond acceptors (Lipinski definition) is 2. The van der Waals surface area contributed by atoms with Crippen molar-refractivity contribution in [1.82, 2.24) is 0 Å². The number of aliphatic hydroxyl groups is 1. The number of carbonyl (C=O) groups excluding carboxylic acids is 1. The summed E-state index contributed by atoms with van der Waals surface area (Å²) >= 11 is 0. The van der Waals surface area contributed by atoms with Gasteiger partial charge in [-0.25, -0.2) is 0 Å². The fourth-order valence-corrected chi connectivity index (χ4v) is 4.01. The fourth-order valence-electron chi connectivity index (χ4n) is 4.01. The van der Waals surface area contributed by atoms with Crippen LogP contribution in [0.25, 0.3) is 0 Å². The van der Waals surface area contributed by atoms with E-state index in [1.165, 1.54) is 31.2 Å². The number of unbranched alkanes of at least 4 members (excludes halogenated alkanes) is 4. The zero-order valence-corrected chi connectivity index (χ0v) is 16.6. The second kappa shape index (κ2) is 11.3. The zero-order valence-electron chi connectivity index (χ0n) is 16.6. The summed E-state index contributed by atoms with van der Waals surface area (Å²) in [6.45, 7) is 4.38. The lowest BCUT2D eigenvalue weighted by Crippen LogP contribution is -2.12. The van der Waals surface area contributed by atoms with Crippen LogP contribution in [0.5, 0.6) is 0 Å². The number of ketones is 1. The Bertz CT molecular complexity index is 558. The molecule has 0 bridgehead atoms. The summed E-state index contributed by atoms with van der Waals surface area (Å²) in [5, 5.41) is 10.3. The molecule has 0 heterocycles. The van der Waals surface area contributed by atoms with Gasteiger partial charge in [-0.05, 0) is 42.7 Å². The van der Waals surface area contributed by atoms with Gasteiger partial charge in [-0.15, -0.1) is 0 Å². The highest BCUT2D eigenvalue weighted by Crippen LogP contribution is 2.40. The monoisotopic (exact) mass is 356 g/mol. The SMILES string of the molecule is CCCC/C=C\CC1C(=O)CCC1c1ccc(C(O)CCCCC)cc1. The molecule has 3 unspecified atom stereocenters. The summed E-state index contributed by atoms with van der Waals surface area (Å²) in [5.74, 6) is 0.886. The number of Topliss-reactive ketones (excluding diaryl/α,β-unsaturated/α-hetero) is 1. The summed E-state index contributed by atoms with van der Waals surface area (Å²) in [6.07, 6.45) is 14.4. The van der Waals surface area contributed by atoms with Crippen molar-refractivity contribution in [2.75, 3.05) is 0 Å². The summed E-state index contributed by atoms with van der Waals surface area (Å²) in [4.78, 5) is 12.3. The van der Waals surface area contributed by atoms with Crippen molar-refractivity contribution in [1.29, 1.82) is 0 Å². The molecule has 0 aromatic heterocycles. The Morgan fingerprint density at radius 2 is 1.81 bits per heavy atom. The number of rotatable bonds is 11. The molecule has 0 aliphatic heterocycles. The largest absolute Gasteiger partial charge is 0.388 e. The molecular weight excluding hydrogens is 320 g/mol. The van der Waals surface area contributed by atoms with Crippen molar-refractivity contribution in [3.63, 3.8) is 0 Å². The standard InChI is InChI=1S/C24H36O2/c1-3-5-7-8-10-11-22-21(17-18-24(22)26)19-13-15-20(16-14-19)23(25)12-9-6-4-2/h8,10,13-16,21-23,25H,3-7,9,11-12,17-18H2,1-2H3/b10-8-. The lowest BCUT2D eigenvalue weighted by atomic mass is 9.85.